The first kappa shape index (κ1) is 21.0. The number of hydrazone groups is 1. The monoisotopic (exact) mass is 402 g/mol. The maximum atomic E-state index is 12.1. The minimum Gasteiger partial charge on any atom is -0.324 e. The van der Waals surface area contributed by atoms with Crippen molar-refractivity contribution in [2.45, 2.75) is 26.2 Å². The molecule has 2 amide bonds. The smallest absolute Gasteiger partial charge is 0.271 e. The number of benzene rings is 2. The molecule has 0 bridgehead atoms. The van der Waals surface area contributed by atoms with Crippen LogP contribution in [0, 0.1) is 10.1 Å². The zero-order chi connectivity index (χ0) is 20.5. The molecule has 0 aliphatic heterocycles. The highest BCUT2D eigenvalue weighted by Crippen LogP contribution is 2.26. The van der Waals surface area contributed by atoms with Crippen LogP contribution in [0.3, 0.4) is 0 Å². The molecule has 0 saturated carbocycles. The average molecular weight is 403 g/mol. The Hall–Kier alpha value is -3.26. The van der Waals surface area contributed by atoms with Gasteiger partial charge in [0, 0.05) is 24.3 Å². The van der Waals surface area contributed by atoms with Gasteiger partial charge in [-0.3, -0.25) is 19.7 Å². The van der Waals surface area contributed by atoms with Gasteiger partial charge in [-0.25, -0.2) is 5.43 Å². The Morgan fingerprint density at radius 1 is 1.14 bits per heavy atom. The Kier molecular flexibility index (Phi) is 7.65. The molecule has 28 heavy (non-hydrogen) atoms. The Morgan fingerprint density at radius 2 is 1.86 bits per heavy atom. The molecular weight excluding hydrogens is 384 g/mol. The molecule has 2 aromatic rings. The van der Waals surface area contributed by atoms with E-state index in [9.17, 15) is 19.7 Å². The average Bonchev–Trinajstić information content (AvgIpc) is 2.67. The summed E-state index contributed by atoms with van der Waals surface area (Å²) < 4.78 is 0. The highest BCUT2D eigenvalue weighted by Gasteiger charge is 2.13. The Morgan fingerprint density at radius 3 is 2.54 bits per heavy atom. The minimum atomic E-state index is -0.580. The number of nitro benzene ring substituents is 1. The van der Waals surface area contributed by atoms with E-state index in [4.69, 9.17) is 11.6 Å². The lowest BCUT2D eigenvalue weighted by molar-refractivity contribution is -0.384. The summed E-state index contributed by atoms with van der Waals surface area (Å²) in [7, 11) is 0. The van der Waals surface area contributed by atoms with Crippen LogP contribution in [0.1, 0.15) is 25.3 Å². The van der Waals surface area contributed by atoms with E-state index in [0.29, 0.717) is 12.1 Å². The largest absolute Gasteiger partial charge is 0.324 e. The number of carbonyl (C=O) groups excluding carboxylic acids is 2. The molecule has 0 fully saturated rings. The van der Waals surface area contributed by atoms with E-state index in [1.165, 1.54) is 18.2 Å². The van der Waals surface area contributed by atoms with Gasteiger partial charge in [0.1, 0.15) is 0 Å². The number of rotatable bonds is 8. The van der Waals surface area contributed by atoms with Gasteiger partial charge in [-0.05, 0) is 25.0 Å². The zero-order valence-electron chi connectivity index (χ0n) is 15.1. The van der Waals surface area contributed by atoms with Crippen molar-refractivity contribution in [3.05, 3.63) is 69.2 Å². The van der Waals surface area contributed by atoms with Crippen molar-refractivity contribution >= 4 is 40.5 Å². The molecule has 2 aromatic carbocycles. The van der Waals surface area contributed by atoms with Crippen molar-refractivity contribution in [3.63, 3.8) is 0 Å². The van der Waals surface area contributed by atoms with Gasteiger partial charge in [-0.15, -0.1) is 0 Å². The SMILES string of the molecule is C/C(CC(=O)Nc1cc([N+](=O)[O-])ccc1Cl)=N\NC(=O)CCc1ccccc1. The van der Waals surface area contributed by atoms with Crippen LogP contribution >= 0.6 is 11.6 Å². The fourth-order valence-electron chi connectivity index (χ4n) is 2.31. The van der Waals surface area contributed by atoms with E-state index in [1.807, 2.05) is 30.3 Å². The van der Waals surface area contributed by atoms with E-state index in [0.717, 1.165) is 5.56 Å². The van der Waals surface area contributed by atoms with Gasteiger partial charge in [0.25, 0.3) is 5.69 Å². The fourth-order valence-corrected chi connectivity index (χ4v) is 2.47. The predicted octanol–water partition coefficient (Wildman–Crippen LogP) is 3.70. The first-order valence-electron chi connectivity index (χ1n) is 8.45. The maximum absolute atomic E-state index is 12.1. The third-order valence-electron chi connectivity index (χ3n) is 3.71. The first-order valence-corrected chi connectivity index (χ1v) is 8.82. The molecule has 0 saturated heterocycles. The second-order valence-corrected chi connectivity index (χ2v) is 6.42. The molecule has 9 heteroatoms. The molecule has 0 heterocycles. The standard InChI is InChI=1S/C19H19ClN4O4/c1-13(22-23-18(25)10-7-14-5-3-2-4-6-14)11-19(26)21-17-12-15(24(27)28)8-9-16(17)20/h2-6,8-9,12H,7,10-11H2,1H3,(H,21,26)(H,23,25)/b22-13+. The number of hydrogen-bond donors (Lipinski definition) is 2. The van der Waals surface area contributed by atoms with Crippen LogP contribution in [0.5, 0.6) is 0 Å². The van der Waals surface area contributed by atoms with E-state index in [-0.39, 0.29) is 35.1 Å². The van der Waals surface area contributed by atoms with Crippen LogP contribution in [0.15, 0.2) is 53.6 Å². The summed E-state index contributed by atoms with van der Waals surface area (Å²) in [6, 6.07) is 13.3. The second kappa shape index (κ2) is 10.2. The summed E-state index contributed by atoms with van der Waals surface area (Å²) in [6.07, 6.45) is 0.765. The number of non-ortho nitro benzene ring substituents is 1. The van der Waals surface area contributed by atoms with Crippen molar-refractivity contribution in [1.82, 2.24) is 5.43 Å². The summed E-state index contributed by atoms with van der Waals surface area (Å²) in [5.74, 6) is -0.715. The second-order valence-electron chi connectivity index (χ2n) is 6.01. The molecule has 0 aliphatic carbocycles. The van der Waals surface area contributed by atoms with Crippen LogP contribution in [-0.2, 0) is 16.0 Å². The summed E-state index contributed by atoms with van der Waals surface area (Å²) in [5.41, 5.74) is 3.80. The van der Waals surface area contributed by atoms with E-state index >= 15 is 0 Å². The van der Waals surface area contributed by atoms with Crippen LogP contribution in [0.2, 0.25) is 5.02 Å². The number of anilines is 1. The van der Waals surface area contributed by atoms with Gasteiger partial charge in [-0.2, -0.15) is 5.10 Å². The number of amides is 2. The number of hydrogen-bond acceptors (Lipinski definition) is 5. The Labute approximate surface area is 166 Å². The molecule has 0 aliphatic rings. The van der Waals surface area contributed by atoms with Gasteiger partial charge in [0.05, 0.1) is 22.1 Å². The van der Waals surface area contributed by atoms with Crippen LogP contribution < -0.4 is 10.7 Å². The quantitative estimate of drug-likeness (QED) is 0.398. The van der Waals surface area contributed by atoms with Crippen molar-refractivity contribution in [1.29, 1.82) is 0 Å². The first-order chi connectivity index (χ1) is 13.3. The molecule has 0 radical (unpaired) electrons. The number of nitrogens with zero attached hydrogens (tertiary/aromatic N) is 2. The molecule has 2 rings (SSSR count). The van der Waals surface area contributed by atoms with Crippen molar-refractivity contribution < 1.29 is 14.5 Å². The number of nitrogens with one attached hydrogen (secondary N) is 2. The fraction of sp³-hybridized carbons (Fsp3) is 0.211. The lowest BCUT2D eigenvalue weighted by Crippen LogP contribution is -2.21. The lowest BCUT2D eigenvalue weighted by Gasteiger charge is -2.07. The zero-order valence-corrected chi connectivity index (χ0v) is 15.9. The molecule has 0 atom stereocenters. The van der Waals surface area contributed by atoms with E-state index in [2.05, 4.69) is 15.8 Å². The van der Waals surface area contributed by atoms with Crippen molar-refractivity contribution in [2.24, 2.45) is 5.10 Å². The molecule has 0 unspecified atom stereocenters. The number of aryl methyl sites for hydroxylation is 1. The molecule has 2 N–H and O–H groups in total. The number of carbonyl (C=O) groups is 2. The highest BCUT2D eigenvalue weighted by molar-refractivity contribution is 6.33. The molecule has 0 spiro atoms. The normalized spacial score (nSPS) is 11.0. The van der Waals surface area contributed by atoms with Crippen molar-refractivity contribution in [2.75, 3.05) is 5.32 Å². The summed E-state index contributed by atoms with van der Waals surface area (Å²) >= 11 is 5.94. The van der Waals surface area contributed by atoms with Crippen LogP contribution in [0.4, 0.5) is 11.4 Å². The van der Waals surface area contributed by atoms with Crippen LogP contribution in [0.25, 0.3) is 0 Å². The Bertz CT molecular complexity index is 900. The third-order valence-corrected chi connectivity index (χ3v) is 4.04. The van der Waals surface area contributed by atoms with Gasteiger partial charge >= 0.3 is 0 Å². The topological polar surface area (TPSA) is 114 Å². The van der Waals surface area contributed by atoms with E-state index in [1.54, 1.807) is 6.92 Å². The van der Waals surface area contributed by atoms with Gasteiger partial charge in [0.15, 0.2) is 0 Å². The van der Waals surface area contributed by atoms with Gasteiger partial charge in [-0.1, -0.05) is 41.9 Å². The Balaban J connectivity index is 1.83. The summed E-state index contributed by atoms with van der Waals surface area (Å²) in [6.45, 7) is 1.59. The molecular formula is C19H19ClN4O4. The van der Waals surface area contributed by atoms with Crippen molar-refractivity contribution in [3.8, 4) is 0 Å². The minimum absolute atomic E-state index is 0.0992. The van der Waals surface area contributed by atoms with Gasteiger partial charge in [0.2, 0.25) is 11.8 Å². The predicted molar refractivity (Wildman–Crippen MR) is 107 cm³/mol. The molecule has 146 valence electrons. The molecule has 0 aromatic heterocycles. The lowest BCUT2D eigenvalue weighted by atomic mass is 10.1. The molecule has 8 nitrogen and oxygen atoms in total. The summed E-state index contributed by atoms with van der Waals surface area (Å²) in [5, 5.41) is 17.4. The summed E-state index contributed by atoms with van der Waals surface area (Å²) in [4.78, 5) is 34.2. The van der Waals surface area contributed by atoms with Crippen LogP contribution in [-0.4, -0.2) is 22.4 Å². The number of nitro groups is 1. The highest BCUT2D eigenvalue weighted by atomic mass is 35.5. The van der Waals surface area contributed by atoms with E-state index < -0.39 is 10.8 Å². The number of halogens is 1. The maximum Gasteiger partial charge on any atom is 0.271 e. The van der Waals surface area contributed by atoms with Gasteiger partial charge < -0.3 is 5.32 Å². The third kappa shape index (κ3) is 6.81.